The average Bonchev–Trinajstić information content (AvgIpc) is 3.47. The molecule has 8 rings (SSSR count). The van der Waals surface area contributed by atoms with Crippen molar-refractivity contribution < 1.29 is 33.7 Å². The Bertz CT molecular complexity index is 2300. The molecular weight excluding hydrogens is 756 g/mol. The highest BCUT2D eigenvalue weighted by Gasteiger charge is 2.55. The third-order valence-corrected chi connectivity index (χ3v) is 12.2. The summed E-state index contributed by atoms with van der Waals surface area (Å²) in [7, 11) is 1.89. The summed E-state index contributed by atoms with van der Waals surface area (Å²) in [6.45, 7) is 14.7. The van der Waals surface area contributed by atoms with Gasteiger partial charge in [-0.2, -0.15) is 0 Å². The number of nitrogens with zero attached hydrogens (tertiary/aromatic N) is 4. The number of phenols is 1. The molecule has 11 nitrogen and oxygen atoms in total. The summed E-state index contributed by atoms with van der Waals surface area (Å²) in [5, 5.41) is 10.4. The van der Waals surface area contributed by atoms with E-state index in [1.807, 2.05) is 80.1 Å². The predicted molar refractivity (Wildman–Crippen MR) is 224 cm³/mol. The van der Waals surface area contributed by atoms with Crippen molar-refractivity contribution in [3.63, 3.8) is 0 Å². The number of anilines is 3. The van der Waals surface area contributed by atoms with Crippen LogP contribution in [0.4, 0.5) is 21.9 Å². The molecule has 1 spiro atoms. The van der Waals surface area contributed by atoms with Gasteiger partial charge >= 0.3 is 12.1 Å². The molecule has 1 saturated heterocycles. The van der Waals surface area contributed by atoms with E-state index in [2.05, 4.69) is 37.8 Å². The van der Waals surface area contributed by atoms with E-state index in [0.29, 0.717) is 78.9 Å². The smallest absolute Gasteiger partial charge is 0.410 e. The lowest BCUT2D eigenvalue weighted by molar-refractivity contribution is -0.133. The number of benzene rings is 4. The monoisotopic (exact) mass is 806 g/mol. The number of hydrogen-bond acceptors (Lipinski definition) is 9. The van der Waals surface area contributed by atoms with E-state index in [0.717, 1.165) is 34.5 Å². The minimum atomic E-state index is -1.30. The first kappa shape index (κ1) is 39.4. The van der Waals surface area contributed by atoms with Crippen LogP contribution in [-0.2, 0) is 19.9 Å². The van der Waals surface area contributed by atoms with Crippen molar-refractivity contribution in [2.45, 2.75) is 83.5 Å². The number of amides is 2. The van der Waals surface area contributed by atoms with E-state index in [4.69, 9.17) is 25.8 Å². The SMILES string of the molecule is CC1CC(C)(C)N(CCCC(=O)N2CCN(C(=O)OC(C)(C)C)CC2)c2cc3c(cc21)C1(OC(=O)c2ccccc21)c1cc(Cl)c(N(C)c2ccc(O)cc2)cc1O3. The zero-order valence-electron chi connectivity index (χ0n) is 34.2. The molecule has 2 atom stereocenters. The van der Waals surface area contributed by atoms with Gasteiger partial charge < -0.3 is 38.9 Å². The fourth-order valence-electron chi connectivity index (χ4n) is 9.16. The molecule has 4 aromatic rings. The Hall–Kier alpha value is -5.42. The molecule has 1 fully saturated rings. The van der Waals surface area contributed by atoms with Gasteiger partial charge in [-0.05, 0) is 101 Å². The Balaban J connectivity index is 1.11. The number of ether oxygens (including phenoxy) is 3. The lowest BCUT2D eigenvalue weighted by Crippen LogP contribution is -2.52. The Labute approximate surface area is 345 Å². The van der Waals surface area contributed by atoms with Crippen LogP contribution in [0.1, 0.15) is 99.3 Å². The number of phenolic OH excluding ortho intramolecular Hbond substituents is 1. The zero-order chi connectivity index (χ0) is 41.3. The van der Waals surface area contributed by atoms with Crippen molar-refractivity contribution >= 4 is 46.6 Å². The van der Waals surface area contributed by atoms with Gasteiger partial charge in [-0.1, -0.05) is 36.7 Å². The van der Waals surface area contributed by atoms with Crippen LogP contribution in [0.15, 0.2) is 72.8 Å². The van der Waals surface area contributed by atoms with Crippen LogP contribution in [0, 0.1) is 0 Å². The number of fused-ring (bicyclic) bond motifs is 7. The fourth-order valence-corrected chi connectivity index (χ4v) is 9.45. The van der Waals surface area contributed by atoms with Gasteiger partial charge in [-0.3, -0.25) is 4.79 Å². The van der Waals surface area contributed by atoms with Gasteiger partial charge in [0.25, 0.3) is 0 Å². The van der Waals surface area contributed by atoms with Crippen molar-refractivity contribution in [2.24, 2.45) is 0 Å². The number of halogens is 1. The number of carbonyl (C=O) groups is 3. The summed E-state index contributed by atoms with van der Waals surface area (Å²) in [4.78, 5) is 47.6. The minimum Gasteiger partial charge on any atom is -0.508 e. The maximum atomic E-state index is 13.7. The number of aromatic hydroxyl groups is 1. The maximum absolute atomic E-state index is 13.7. The van der Waals surface area contributed by atoms with Crippen LogP contribution >= 0.6 is 11.6 Å². The van der Waals surface area contributed by atoms with Crippen LogP contribution in [0.25, 0.3) is 0 Å². The molecule has 2 amide bonds. The molecule has 0 aliphatic carbocycles. The molecule has 4 heterocycles. The first-order valence-corrected chi connectivity index (χ1v) is 20.4. The Morgan fingerprint density at radius 3 is 2.29 bits per heavy atom. The fraction of sp³-hybridized carbons (Fsp3) is 0.413. The van der Waals surface area contributed by atoms with Gasteiger partial charge in [-0.15, -0.1) is 0 Å². The largest absolute Gasteiger partial charge is 0.508 e. The first-order chi connectivity index (χ1) is 27.5. The van der Waals surface area contributed by atoms with Gasteiger partial charge in [0, 0.05) is 91.9 Å². The van der Waals surface area contributed by atoms with Crippen LogP contribution in [-0.4, -0.2) is 83.8 Å². The molecule has 4 aliphatic rings. The van der Waals surface area contributed by atoms with Crippen molar-refractivity contribution in [1.29, 1.82) is 0 Å². The third-order valence-electron chi connectivity index (χ3n) is 11.9. The van der Waals surface area contributed by atoms with E-state index >= 15 is 0 Å². The highest BCUT2D eigenvalue weighted by Crippen LogP contribution is 2.60. The first-order valence-electron chi connectivity index (χ1n) is 20.1. The Morgan fingerprint density at radius 1 is 0.931 bits per heavy atom. The molecule has 0 bridgehead atoms. The molecule has 12 heteroatoms. The number of carbonyl (C=O) groups excluding carboxylic acids is 3. The summed E-state index contributed by atoms with van der Waals surface area (Å²) in [6, 6.07) is 22.3. The second-order valence-electron chi connectivity index (χ2n) is 17.5. The van der Waals surface area contributed by atoms with Crippen molar-refractivity contribution in [1.82, 2.24) is 9.80 Å². The van der Waals surface area contributed by atoms with Gasteiger partial charge in [0.05, 0.1) is 16.3 Å². The molecule has 4 aliphatic heterocycles. The molecule has 2 unspecified atom stereocenters. The van der Waals surface area contributed by atoms with E-state index in [9.17, 15) is 19.5 Å². The molecule has 0 aromatic heterocycles. The van der Waals surface area contributed by atoms with E-state index < -0.39 is 17.2 Å². The quantitative estimate of drug-likeness (QED) is 0.191. The average molecular weight is 807 g/mol. The topological polar surface area (TPSA) is 112 Å². The third kappa shape index (κ3) is 6.86. The number of esters is 1. The number of rotatable bonds is 6. The molecule has 304 valence electrons. The minimum absolute atomic E-state index is 0.0769. The van der Waals surface area contributed by atoms with E-state index in [1.54, 1.807) is 23.1 Å². The van der Waals surface area contributed by atoms with Crippen LogP contribution in [0.2, 0.25) is 5.02 Å². The van der Waals surface area contributed by atoms with Crippen LogP contribution in [0.3, 0.4) is 0 Å². The van der Waals surface area contributed by atoms with Crippen molar-refractivity contribution in [3.8, 4) is 17.2 Å². The van der Waals surface area contributed by atoms with Gasteiger partial charge in [0.15, 0.2) is 5.60 Å². The highest BCUT2D eigenvalue weighted by atomic mass is 35.5. The zero-order valence-corrected chi connectivity index (χ0v) is 35.0. The Morgan fingerprint density at radius 2 is 1.59 bits per heavy atom. The highest BCUT2D eigenvalue weighted by molar-refractivity contribution is 6.33. The molecule has 58 heavy (non-hydrogen) atoms. The molecule has 4 aromatic carbocycles. The van der Waals surface area contributed by atoms with Crippen LogP contribution < -0.4 is 14.5 Å². The summed E-state index contributed by atoms with van der Waals surface area (Å²) in [5.41, 5.74) is 4.11. The van der Waals surface area contributed by atoms with E-state index in [1.165, 1.54) is 0 Å². The normalized spacial score (nSPS) is 20.4. The van der Waals surface area contributed by atoms with E-state index in [-0.39, 0.29) is 29.2 Å². The summed E-state index contributed by atoms with van der Waals surface area (Å²) in [6.07, 6.45) is 1.55. The second kappa shape index (κ2) is 14.4. The number of hydrogen-bond donors (Lipinski definition) is 1. The van der Waals surface area contributed by atoms with Gasteiger partial charge in [-0.25, -0.2) is 9.59 Å². The molecule has 1 N–H and O–H groups in total. The summed E-state index contributed by atoms with van der Waals surface area (Å²) < 4.78 is 18.9. The molecule has 0 saturated carbocycles. The van der Waals surface area contributed by atoms with Crippen LogP contribution in [0.5, 0.6) is 17.2 Å². The Kier molecular flexibility index (Phi) is 9.81. The lowest BCUT2D eigenvalue weighted by atomic mass is 9.74. The number of piperazine rings is 1. The molecule has 0 radical (unpaired) electrons. The van der Waals surface area contributed by atoms with Gasteiger partial charge in [0.1, 0.15) is 22.8 Å². The molecular formula is C46H51ClN4O7. The summed E-state index contributed by atoms with van der Waals surface area (Å²) >= 11 is 7.10. The van der Waals surface area contributed by atoms with Gasteiger partial charge in [0.2, 0.25) is 5.91 Å². The van der Waals surface area contributed by atoms with Crippen molar-refractivity contribution in [2.75, 3.05) is 49.6 Å². The van der Waals surface area contributed by atoms with Crippen molar-refractivity contribution in [3.05, 3.63) is 106 Å². The maximum Gasteiger partial charge on any atom is 0.410 e. The summed E-state index contributed by atoms with van der Waals surface area (Å²) in [5.74, 6) is 1.08. The lowest BCUT2D eigenvalue weighted by Gasteiger charge is -2.49. The predicted octanol–water partition coefficient (Wildman–Crippen LogP) is 9.33. The standard InChI is InChI=1S/C46H51ClN4O7/c1-28-27-45(5,6)51(18-10-13-41(53)49-19-21-50(22-20-49)43(55)58-44(2,3)4)37-25-39-34(23-32(28)37)46(33-12-9-8-11-31(33)42(54)57-46)35-24-36(47)38(26-40(35)56-39)48(7)29-14-16-30(52)17-15-29/h8-9,11-12,14-17,23-26,28,52H,10,13,18-22,27H2,1-7H3. The second-order valence-corrected chi connectivity index (χ2v) is 17.9.